The van der Waals surface area contributed by atoms with E-state index in [9.17, 15) is 4.79 Å². The molecule has 0 aromatic carbocycles. The Morgan fingerprint density at radius 3 is 2.45 bits per heavy atom. The summed E-state index contributed by atoms with van der Waals surface area (Å²) in [6, 6.07) is 0.454. The second-order valence-electron chi connectivity index (χ2n) is 2.93. The van der Waals surface area contributed by atoms with E-state index in [1.807, 2.05) is 0 Å². The molecule has 0 aromatic heterocycles. The SMILES string of the molecule is CN(C)C(=O)C[C@H]1CCN1.Cl. The van der Waals surface area contributed by atoms with Gasteiger partial charge in [0.25, 0.3) is 0 Å². The molecule has 0 unspecified atom stereocenters. The minimum absolute atomic E-state index is 0. The third-order valence-electron chi connectivity index (χ3n) is 1.85. The maximum Gasteiger partial charge on any atom is 0.223 e. The van der Waals surface area contributed by atoms with Crippen molar-refractivity contribution < 1.29 is 4.79 Å². The van der Waals surface area contributed by atoms with E-state index in [0.717, 1.165) is 13.0 Å². The first-order valence-electron chi connectivity index (χ1n) is 3.63. The standard InChI is InChI=1S/C7H14N2O.ClH/c1-9(2)7(10)5-6-3-4-8-6;/h6,8H,3-5H2,1-2H3;1H/t6-;/m1./s1. The lowest BCUT2D eigenvalue weighted by Crippen LogP contribution is -2.45. The smallest absolute Gasteiger partial charge is 0.223 e. The molecular weight excluding hydrogens is 164 g/mol. The van der Waals surface area contributed by atoms with E-state index >= 15 is 0 Å². The van der Waals surface area contributed by atoms with Gasteiger partial charge in [-0.15, -0.1) is 12.4 Å². The monoisotopic (exact) mass is 178 g/mol. The van der Waals surface area contributed by atoms with Gasteiger partial charge in [0.2, 0.25) is 5.91 Å². The summed E-state index contributed by atoms with van der Waals surface area (Å²) in [7, 11) is 3.59. The van der Waals surface area contributed by atoms with Gasteiger partial charge < -0.3 is 10.2 Å². The predicted molar refractivity (Wildman–Crippen MR) is 47.0 cm³/mol. The van der Waals surface area contributed by atoms with Gasteiger partial charge in [-0.1, -0.05) is 0 Å². The number of nitrogens with one attached hydrogen (secondary N) is 1. The van der Waals surface area contributed by atoms with Crippen LogP contribution < -0.4 is 5.32 Å². The van der Waals surface area contributed by atoms with Crippen molar-refractivity contribution >= 4 is 18.3 Å². The van der Waals surface area contributed by atoms with Crippen LogP contribution in [0.15, 0.2) is 0 Å². The molecule has 1 aliphatic rings. The molecule has 0 bridgehead atoms. The Morgan fingerprint density at radius 2 is 2.18 bits per heavy atom. The molecular formula is C7H15ClN2O. The molecule has 1 atom stereocenters. The molecule has 0 radical (unpaired) electrons. The summed E-state index contributed by atoms with van der Waals surface area (Å²) in [5.41, 5.74) is 0. The summed E-state index contributed by atoms with van der Waals surface area (Å²) in [5, 5.41) is 3.18. The van der Waals surface area contributed by atoms with E-state index in [-0.39, 0.29) is 18.3 Å². The normalized spacial score (nSPS) is 21.5. The van der Waals surface area contributed by atoms with Crippen LogP contribution in [0.4, 0.5) is 0 Å². The van der Waals surface area contributed by atoms with Crippen LogP contribution >= 0.6 is 12.4 Å². The van der Waals surface area contributed by atoms with Gasteiger partial charge in [-0.25, -0.2) is 0 Å². The summed E-state index contributed by atoms with van der Waals surface area (Å²) < 4.78 is 0. The lowest BCUT2D eigenvalue weighted by atomic mass is 10.0. The Labute approximate surface area is 73.5 Å². The van der Waals surface area contributed by atoms with E-state index in [0.29, 0.717) is 12.5 Å². The number of hydrogen-bond donors (Lipinski definition) is 1. The quantitative estimate of drug-likeness (QED) is 0.658. The fourth-order valence-corrected chi connectivity index (χ4v) is 0.916. The van der Waals surface area contributed by atoms with Crippen LogP contribution in [-0.4, -0.2) is 37.5 Å². The number of halogens is 1. The minimum atomic E-state index is 0. The van der Waals surface area contributed by atoms with Gasteiger partial charge in [0.1, 0.15) is 0 Å². The first-order valence-corrected chi connectivity index (χ1v) is 3.63. The van der Waals surface area contributed by atoms with Crippen LogP contribution in [-0.2, 0) is 4.79 Å². The van der Waals surface area contributed by atoms with Crippen LogP contribution in [0.3, 0.4) is 0 Å². The van der Waals surface area contributed by atoms with Gasteiger partial charge in [0.15, 0.2) is 0 Å². The van der Waals surface area contributed by atoms with E-state index in [2.05, 4.69) is 5.32 Å². The fraction of sp³-hybridized carbons (Fsp3) is 0.857. The van der Waals surface area contributed by atoms with Gasteiger partial charge in [-0.3, -0.25) is 4.79 Å². The first kappa shape index (κ1) is 10.7. The van der Waals surface area contributed by atoms with E-state index in [4.69, 9.17) is 0 Å². The zero-order chi connectivity index (χ0) is 7.56. The highest BCUT2D eigenvalue weighted by atomic mass is 35.5. The van der Waals surface area contributed by atoms with Crippen molar-refractivity contribution in [3.05, 3.63) is 0 Å². The third-order valence-corrected chi connectivity index (χ3v) is 1.85. The molecule has 0 aliphatic carbocycles. The zero-order valence-corrected chi connectivity index (χ0v) is 7.78. The number of rotatable bonds is 2. The molecule has 1 rings (SSSR count). The summed E-state index contributed by atoms with van der Waals surface area (Å²) in [4.78, 5) is 12.7. The highest BCUT2D eigenvalue weighted by Crippen LogP contribution is 2.06. The van der Waals surface area contributed by atoms with Gasteiger partial charge >= 0.3 is 0 Å². The van der Waals surface area contributed by atoms with Gasteiger partial charge in [0.05, 0.1) is 0 Å². The van der Waals surface area contributed by atoms with Crippen LogP contribution in [0, 0.1) is 0 Å². The molecule has 66 valence electrons. The van der Waals surface area contributed by atoms with Gasteiger partial charge in [-0.2, -0.15) is 0 Å². The molecule has 0 aromatic rings. The van der Waals surface area contributed by atoms with Gasteiger partial charge in [-0.05, 0) is 13.0 Å². The number of amides is 1. The number of carbonyl (C=O) groups excluding carboxylic acids is 1. The largest absolute Gasteiger partial charge is 0.349 e. The number of nitrogens with zero attached hydrogens (tertiary/aromatic N) is 1. The van der Waals surface area contributed by atoms with Crippen LogP contribution in [0.25, 0.3) is 0 Å². The summed E-state index contributed by atoms with van der Waals surface area (Å²) in [6.45, 7) is 1.07. The van der Waals surface area contributed by atoms with Crippen molar-refractivity contribution in [1.29, 1.82) is 0 Å². The Morgan fingerprint density at radius 1 is 1.64 bits per heavy atom. The lowest BCUT2D eigenvalue weighted by Gasteiger charge is -2.27. The average molecular weight is 179 g/mol. The topological polar surface area (TPSA) is 32.3 Å². The Balaban J connectivity index is 0.000001000. The van der Waals surface area contributed by atoms with E-state index in [1.165, 1.54) is 0 Å². The van der Waals surface area contributed by atoms with Crippen molar-refractivity contribution in [1.82, 2.24) is 10.2 Å². The van der Waals surface area contributed by atoms with Crippen molar-refractivity contribution in [3.63, 3.8) is 0 Å². The van der Waals surface area contributed by atoms with E-state index in [1.54, 1.807) is 19.0 Å². The molecule has 0 saturated carbocycles. The van der Waals surface area contributed by atoms with Crippen molar-refractivity contribution in [2.75, 3.05) is 20.6 Å². The highest BCUT2D eigenvalue weighted by Gasteiger charge is 2.20. The Hall–Kier alpha value is -0.280. The fourth-order valence-electron chi connectivity index (χ4n) is 0.916. The number of hydrogen-bond acceptors (Lipinski definition) is 2. The van der Waals surface area contributed by atoms with E-state index < -0.39 is 0 Å². The van der Waals surface area contributed by atoms with Crippen LogP contribution in [0.2, 0.25) is 0 Å². The molecule has 1 N–H and O–H groups in total. The predicted octanol–water partition coefficient (Wildman–Crippen LogP) is 0.248. The molecule has 1 heterocycles. The number of carbonyl (C=O) groups is 1. The van der Waals surface area contributed by atoms with Crippen molar-refractivity contribution in [2.24, 2.45) is 0 Å². The second-order valence-corrected chi connectivity index (χ2v) is 2.93. The van der Waals surface area contributed by atoms with Crippen molar-refractivity contribution in [2.45, 2.75) is 18.9 Å². The molecule has 1 aliphatic heterocycles. The summed E-state index contributed by atoms with van der Waals surface area (Å²) >= 11 is 0. The maximum absolute atomic E-state index is 11.0. The second kappa shape index (κ2) is 4.57. The van der Waals surface area contributed by atoms with Crippen molar-refractivity contribution in [3.8, 4) is 0 Å². The summed E-state index contributed by atoms with van der Waals surface area (Å²) in [6.07, 6.45) is 1.81. The Kier molecular flexibility index (Phi) is 4.45. The molecule has 1 saturated heterocycles. The van der Waals surface area contributed by atoms with Gasteiger partial charge in [0, 0.05) is 26.6 Å². The third kappa shape index (κ3) is 3.08. The molecule has 1 amide bonds. The maximum atomic E-state index is 11.0. The summed E-state index contributed by atoms with van der Waals surface area (Å²) in [5.74, 6) is 0.220. The molecule has 4 heteroatoms. The minimum Gasteiger partial charge on any atom is -0.349 e. The lowest BCUT2D eigenvalue weighted by molar-refractivity contribution is -0.129. The van der Waals surface area contributed by atoms with Crippen LogP contribution in [0.1, 0.15) is 12.8 Å². The van der Waals surface area contributed by atoms with Crippen LogP contribution in [0.5, 0.6) is 0 Å². The molecule has 3 nitrogen and oxygen atoms in total. The highest BCUT2D eigenvalue weighted by molar-refractivity contribution is 5.85. The first-order chi connectivity index (χ1) is 4.70. The molecule has 0 spiro atoms. The molecule has 1 fully saturated rings. The Bertz CT molecular complexity index is 134. The zero-order valence-electron chi connectivity index (χ0n) is 6.96. The molecule has 11 heavy (non-hydrogen) atoms. The average Bonchev–Trinajstić information content (AvgIpc) is 1.77.